The van der Waals surface area contributed by atoms with E-state index in [0.717, 1.165) is 26.0 Å². The number of nitrogens with zero attached hydrogens (tertiary/aromatic N) is 1. The Bertz CT molecular complexity index is 160. The number of nitrogens with two attached hydrogens (primary N) is 1. The Morgan fingerprint density at radius 1 is 1.67 bits per heavy atom. The molecule has 12 heavy (non-hydrogen) atoms. The molecular formula is C9H18N2O. The lowest BCUT2D eigenvalue weighted by Crippen LogP contribution is -2.28. The van der Waals surface area contributed by atoms with Gasteiger partial charge in [0.1, 0.15) is 11.9 Å². The zero-order valence-corrected chi connectivity index (χ0v) is 7.92. The van der Waals surface area contributed by atoms with Crippen LogP contribution in [0.4, 0.5) is 0 Å². The fraction of sp³-hybridized carbons (Fsp3) is 0.889. The molecule has 0 aromatic carbocycles. The standard InChI is InChI=1S/C9H18N2O/c1-7(2)6-11-9(10)8-4-3-5-12-8/h7-8H,3-6H2,1-2H3,(H2,10,11). The van der Waals surface area contributed by atoms with Crippen LogP contribution < -0.4 is 5.73 Å². The van der Waals surface area contributed by atoms with E-state index in [2.05, 4.69) is 18.8 Å². The first-order valence-corrected chi connectivity index (χ1v) is 4.61. The lowest BCUT2D eigenvalue weighted by molar-refractivity contribution is 0.157. The summed E-state index contributed by atoms with van der Waals surface area (Å²) >= 11 is 0. The van der Waals surface area contributed by atoms with Gasteiger partial charge in [-0.25, -0.2) is 0 Å². The summed E-state index contributed by atoms with van der Waals surface area (Å²) < 4.78 is 5.39. The zero-order valence-electron chi connectivity index (χ0n) is 7.92. The van der Waals surface area contributed by atoms with Crippen molar-refractivity contribution in [1.82, 2.24) is 0 Å². The Morgan fingerprint density at radius 3 is 2.92 bits per heavy atom. The molecule has 0 amide bonds. The quantitative estimate of drug-likeness (QED) is 0.510. The van der Waals surface area contributed by atoms with Crippen LogP contribution in [-0.2, 0) is 4.74 Å². The average Bonchev–Trinajstić information content (AvgIpc) is 2.51. The van der Waals surface area contributed by atoms with Gasteiger partial charge < -0.3 is 10.5 Å². The summed E-state index contributed by atoms with van der Waals surface area (Å²) in [6.45, 7) is 5.91. The zero-order chi connectivity index (χ0) is 8.97. The molecule has 1 atom stereocenters. The SMILES string of the molecule is CC(C)CN=C(N)C1CCCO1. The van der Waals surface area contributed by atoms with Gasteiger partial charge in [-0.15, -0.1) is 0 Å². The summed E-state index contributed by atoms with van der Waals surface area (Å²) in [7, 11) is 0. The van der Waals surface area contributed by atoms with Crippen molar-refractivity contribution in [2.75, 3.05) is 13.2 Å². The second-order valence-electron chi connectivity index (χ2n) is 3.66. The molecule has 0 bridgehead atoms. The van der Waals surface area contributed by atoms with E-state index in [4.69, 9.17) is 10.5 Å². The molecule has 0 radical (unpaired) electrons. The van der Waals surface area contributed by atoms with Gasteiger partial charge in [-0.3, -0.25) is 4.99 Å². The van der Waals surface area contributed by atoms with Crippen molar-refractivity contribution in [3.8, 4) is 0 Å². The highest BCUT2D eigenvalue weighted by Crippen LogP contribution is 2.11. The third kappa shape index (κ3) is 2.81. The summed E-state index contributed by atoms with van der Waals surface area (Å²) in [6, 6.07) is 0. The van der Waals surface area contributed by atoms with Gasteiger partial charge in [-0.1, -0.05) is 13.8 Å². The van der Waals surface area contributed by atoms with Crippen LogP contribution in [0.25, 0.3) is 0 Å². The van der Waals surface area contributed by atoms with E-state index in [0.29, 0.717) is 11.8 Å². The Labute approximate surface area is 74.0 Å². The third-order valence-corrected chi connectivity index (χ3v) is 1.90. The Hall–Kier alpha value is -0.570. The highest BCUT2D eigenvalue weighted by molar-refractivity contribution is 5.85. The largest absolute Gasteiger partial charge is 0.385 e. The summed E-state index contributed by atoms with van der Waals surface area (Å²) in [5, 5.41) is 0. The number of aliphatic imine (C=N–C) groups is 1. The summed E-state index contributed by atoms with van der Waals surface area (Å²) in [5.41, 5.74) is 5.75. The van der Waals surface area contributed by atoms with Crippen LogP contribution in [-0.4, -0.2) is 25.1 Å². The lowest BCUT2D eigenvalue weighted by atomic mass is 10.2. The minimum Gasteiger partial charge on any atom is -0.385 e. The summed E-state index contributed by atoms with van der Waals surface area (Å²) in [4.78, 5) is 4.28. The molecule has 1 saturated heterocycles. The van der Waals surface area contributed by atoms with E-state index >= 15 is 0 Å². The minimum atomic E-state index is 0.101. The molecule has 3 nitrogen and oxygen atoms in total. The molecule has 3 heteroatoms. The molecule has 1 fully saturated rings. The number of rotatable bonds is 3. The number of hydrogen-bond acceptors (Lipinski definition) is 2. The summed E-state index contributed by atoms with van der Waals surface area (Å²) in [6.07, 6.45) is 2.25. The van der Waals surface area contributed by atoms with Crippen molar-refractivity contribution in [3.05, 3.63) is 0 Å². The molecule has 0 saturated carbocycles. The van der Waals surface area contributed by atoms with Gasteiger partial charge >= 0.3 is 0 Å². The molecular weight excluding hydrogens is 152 g/mol. The second kappa shape index (κ2) is 4.45. The molecule has 2 N–H and O–H groups in total. The molecule has 1 aliphatic rings. The molecule has 1 aliphatic heterocycles. The van der Waals surface area contributed by atoms with Crippen LogP contribution in [0.3, 0.4) is 0 Å². The average molecular weight is 170 g/mol. The van der Waals surface area contributed by atoms with Crippen molar-refractivity contribution in [2.45, 2.75) is 32.8 Å². The van der Waals surface area contributed by atoms with Gasteiger partial charge in [0.15, 0.2) is 0 Å². The van der Waals surface area contributed by atoms with E-state index in [9.17, 15) is 0 Å². The van der Waals surface area contributed by atoms with Gasteiger partial charge in [0.05, 0.1) is 0 Å². The predicted octanol–water partition coefficient (Wildman–Crippen LogP) is 1.18. The highest BCUT2D eigenvalue weighted by atomic mass is 16.5. The van der Waals surface area contributed by atoms with Crippen LogP contribution in [0, 0.1) is 5.92 Å². The summed E-state index contributed by atoms with van der Waals surface area (Å²) in [5.74, 6) is 1.26. The normalized spacial score (nSPS) is 25.2. The first kappa shape index (κ1) is 9.52. The van der Waals surface area contributed by atoms with E-state index in [1.54, 1.807) is 0 Å². The Kier molecular flexibility index (Phi) is 3.53. The van der Waals surface area contributed by atoms with Gasteiger partial charge in [0, 0.05) is 13.2 Å². The Morgan fingerprint density at radius 2 is 2.42 bits per heavy atom. The van der Waals surface area contributed by atoms with Crippen molar-refractivity contribution in [1.29, 1.82) is 0 Å². The Balaban J connectivity index is 2.34. The van der Waals surface area contributed by atoms with Crippen molar-refractivity contribution in [2.24, 2.45) is 16.6 Å². The first-order chi connectivity index (χ1) is 5.70. The van der Waals surface area contributed by atoms with E-state index in [-0.39, 0.29) is 6.10 Å². The fourth-order valence-corrected chi connectivity index (χ4v) is 1.20. The predicted molar refractivity (Wildman–Crippen MR) is 50.3 cm³/mol. The highest BCUT2D eigenvalue weighted by Gasteiger charge is 2.18. The van der Waals surface area contributed by atoms with Crippen molar-refractivity contribution < 1.29 is 4.74 Å². The van der Waals surface area contributed by atoms with Crippen molar-refractivity contribution >= 4 is 5.84 Å². The van der Waals surface area contributed by atoms with Gasteiger partial charge in [-0.2, -0.15) is 0 Å². The molecule has 0 aliphatic carbocycles. The van der Waals surface area contributed by atoms with E-state index < -0.39 is 0 Å². The van der Waals surface area contributed by atoms with Crippen molar-refractivity contribution in [3.63, 3.8) is 0 Å². The fourth-order valence-electron chi connectivity index (χ4n) is 1.20. The van der Waals surface area contributed by atoms with Crippen LogP contribution in [0.15, 0.2) is 4.99 Å². The molecule has 0 aromatic heterocycles. The smallest absolute Gasteiger partial charge is 0.123 e. The number of ether oxygens (including phenoxy) is 1. The lowest BCUT2D eigenvalue weighted by Gasteiger charge is -2.08. The molecule has 0 spiro atoms. The number of hydrogen-bond donors (Lipinski definition) is 1. The molecule has 1 rings (SSSR count). The maximum absolute atomic E-state index is 5.75. The molecule has 1 unspecified atom stereocenters. The van der Waals surface area contributed by atoms with Gasteiger partial charge in [0.25, 0.3) is 0 Å². The number of amidine groups is 1. The maximum Gasteiger partial charge on any atom is 0.123 e. The maximum atomic E-state index is 5.75. The van der Waals surface area contributed by atoms with Gasteiger partial charge in [0.2, 0.25) is 0 Å². The molecule has 0 aromatic rings. The topological polar surface area (TPSA) is 47.6 Å². The van der Waals surface area contributed by atoms with Crippen LogP contribution >= 0.6 is 0 Å². The second-order valence-corrected chi connectivity index (χ2v) is 3.66. The monoisotopic (exact) mass is 170 g/mol. The minimum absolute atomic E-state index is 0.101. The first-order valence-electron chi connectivity index (χ1n) is 4.61. The van der Waals surface area contributed by atoms with E-state index in [1.165, 1.54) is 0 Å². The van der Waals surface area contributed by atoms with Crippen LogP contribution in [0.2, 0.25) is 0 Å². The third-order valence-electron chi connectivity index (χ3n) is 1.90. The van der Waals surface area contributed by atoms with Crippen LogP contribution in [0.1, 0.15) is 26.7 Å². The molecule has 1 heterocycles. The van der Waals surface area contributed by atoms with E-state index in [1.807, 2.05) is 0 Å². The van der Waals surface area contributed by atoms with Crippen LogP contribution in [0.5, 0.6) is 0 Å². The molecule has 70 valence electrons. The van der Waals surface area contributed by atoms with Gasteiger partial charge in [-0.05, 0) is 18.8 Å².